The molecule has 0 unspecified atom stereocenters. The van der Waals surface area contributed by atoms with E-state index in [4.69, 9.17) is 0 Å². The van der Waals surface area contributed by atoms with Gasteiger partial charge in [0.05, 0.1) is 21.2 Å². The summed E-state index contributed by atoms with van der Waals surface area (Å²) in [5.74, 6) is -8.54. The highest BCUT2D eigenvalue weighted by Crippen LogP contribution is 2.44. The summed E-state index contributed by atoms with van der Waals surface area (Å²) >= 11 is 0. The van der Waals surface area contributed by atoms with E-state index in [1.165, 1.54) is 0 Å². The van der Waals surface area contributed by atoms with Crippen LogP contribution in [0.3, 0.4) is 0 Å². The zero-order valence-corrected chi connectivity index (χ0v) is 20.0. The van der Waals surface area contributed by atoms with Gasteiger partial charge in [0.25, 0.3) is 0 Å². The fourth-order valence-electron chi connectivity index (χ4n) is 3.86. The summed E-state index contributed by atoms with van der Waals surface area (Å²) in [5, 5.41) is -2.41. The lowest BCUT2D eigenvalue weighted by molar-refractivity contribution is 0.592. The number of benzene rings is 4. The molecular formula is C26H16F8P2. The van der Waals surface area contributed by atoms with Gasteiger partial charge in [-0.25, -0.2) is 35.1 Å². The van der Waals surface area contributed by atoms with Gasteiger partial charge in [-0.2, -0.15) is 0 Å². The molecule has 0 saturated carbocycles. The van der Waals surface area contributed by atoms with Crippen molar-refractivity contribution in [3.63, 3.8) is 0 Å². The van der Waals surface area contributed by atoms with Crippen molar-refractivity contribution >= 4 is 37.1 Å². The molecule has 0 saturated heterocycles. The molecule has 0 aliphatic rings. The van der Waals surface area contributed by atoms with E-state index in [0.29, 0.717) is 0 Å². The molecule has 0 amide bonds. The molecule has 36 heavy (non-hydrogen) atoms. The van der Waals surface area contributed by atoms with Crippen molar-refractivity contribution in [2.24, 2.45) is 0 Å². The van der Waals surface area contributed by atoms with Gasteiger partial charge in [-0.3, -0.25) is 0 Å². The summed E-state index contributed by atoms with van der Waals surface area (Å²) in [4.78, 5) is 0. The summed E-state index contributed by atoms with van der Waals surface area (Å²) in [6, 6.07) is 11.7. The molecular weight excluding hydrogens is 526 g/mol. The van der Waals surface area contributed by atoms with Crippen LogP contribution in [-0.2, 0) is 0 Å². The van der Waals surface area contributed by atoms with Crippen molar-refractivity contribution in [2.75, 3.05) is 12.3 Å². The summed E-state index contributed by atoms with van der Waals surface area (Å²) in [7, 11) is -4.92. The first-order valence-electron chi connectivity index (χ1n) is 10.5. The van der Waals surface area contributed by atoms with Crippen LogP contribution in [0.4, 0.5) is 35.1 Å². The van der Waals surface area contributed by atoms with E-state index >= 15 is 0 Å². The number of rotatable bonds is 7. The first kappa shape index (κ1) is 26.2. The van der Waals surface area contributed by atoms with Crippen molar-refractivity contribution in [1.82, 2.24) is 0 Å². The molecule has 0 fully saturated rings. The molecule has 4 aromatic carbocycles. The third-order valence-corrected chi connectivity index (χ3v) is 10.9. The van der Waals surface area contributed by atoms with E-state index < -0.39 is 95.9 Å². The van der Waals surface area contributed by atoms with Crippen LogP contribution in [0.2, 0.25) is 0 Å². The molecule has 186 valence electrons. The van der Waals surface area contributed by atoms with Gasteiger partial charge in [-0.05, 0) is 76.7 Å². The van der Waals surface area contributed by atoms with E-state index in [1.807, 2.05) is 0 Å². The molecule has 0 aromatic heterocycles. The fourth-order valence-corrected chi connectivity index (χ4v) is 9.46. The number of halogens is 8. The minimum Gasteiger partial charge on any atom is -0.206 e. The van der Waals surface area contributed by atoms with Crippen molar-refractivity contribution < 1.29 is 35.1 Å². The van der Waals surface area contributed by atoms with Gasteiger partial charge in [0.1, 0.15) is 46.5 Å². The van der Waals surface area contributed by atoms with Crippen LogP contribution >= 0.6 is 15.8 Å². The maximum atomic E-state index is 14.8. The highest BCUT2D eigenvalue weighted by Gasteiger charge is 2.32. The summed E-state index contributed by atoms with van der Waals surface area (Å²) < 4.78 is 118. The zero-order valence-electron chi connectivity index (χ0n) is 18.3. The molecule has 0 N–H and O–H groups in total. The second kappa shape index (κ2) is 11.1. The van der Waals surface area contributed by atoms with Crippen LogP contribution in [0.15, 0.2) is 72.8 Å². The summed E-state index contributed by atoms with van der Waals surface area (Å²) in [6.45, 7) is 0. The number of hydrogen-bond acceptors (Lipinski definition) is 0. The third kappa shape index (κ3) is 5.16. The minimum absolute atomic E-state index is 0.418. The van der Waals surface area contributed by atoms with E-state index in [0.717, 1.165) is 72.8 Å². The smallest absolute Gasteiger partial charge is 0.134 e. The van der Waals surface area contributed by atoms with E-state index in [2.05, 4.69) is 0 Å². The van der Waals surface area contributed by atoms with Gasteiger partial charge in [-0.1, -0.05) is 24.3 Å². The number of hydrogen-bond donors (Lipinski definition) is 0. The Bertz CT molecular complexity index is 1120. The predicted molar refractivity (Wildman–Crippen MR) is 128 cm³/mol. The normalized spacial score (nSPS) is 11.5. The average molecular weight is 542 g/mol. The fraction of sp³-hybridized carbons (Fsp3) is 0.0769. The van der Waals surface area contributed by atoms with Gasteiger partial charge < -0.3 is 0 Å². The van der Waals surface area contributed by atoms with Crippen LogP contribution in [0.1, 0.15) is 0 Å². The molecule has 4 rings (SSSR count). The Labute approximate surface area is 204 Å². The largest absolute Gasteiger partial charge is 0.206 e. The predicted octanol–water partition coefficient (Wildman–Crippen LogP) is 6.37. The lowest BCUT2D eigenvalue weighted by Crippen LogP contribution is -2.29. The quantitative estimate of drug-likeness (QED) is 0.188. The van der Waals surface area contributed by atoms with Gasteiger partial charge in [0, 0.05) is 0 Å². The maximum absolute atomic E-state index is 14.8. The van der Waals surface area contributed by atoms with E-state index in [9.17, 15) is 35.1 Å². The SMILES string of the molecule is Fc1cccc(F)c1P(CCP(c1c(F)cccc1F)c1c(F)cccc1F)c1c(F)cccc1F. The lowest BCUT2D eigenvalue weighted by Gasteiger charge is -2.25. The molecule has 0 aliphatic heterocycles. The molecule has 0 radical (unpaired) electrons. The first-order valence-corrected chi connectivity index (χ1v) is 13.6. The Kier molecular flexibility index (Phi) is 8.07. The molecule has 0 nitrogen and oxygen atoms in total. The molecule has 0 spiro atoms. The molecule has 0 atom stereocenters. The van der Waals surface area contributed by atoms with Gasteiger partial charge in [0.15, 0.2) is 0 Å². The Hall–Kier alpha value is -2.82. The highest BCUT2D eigenvalue weighted by molar-refractivity contribution is 7.76. The Morgan fingerprint density at radius 2 is 0.500 bits per heavy atom. The monoisotopic (exact) mass is 542 g/mol. The Balaban J connectivity index is 1.88. The standard InChI is InChI=1S/C26H16F8P2/c27-15-5-1-6-16(28)23(15)35(24-17(29)7-2-8-18(24)30)13-14-36(25-19(31)9-3-10-20(25)32)26-21(33)11-4-12-22(26)34/h1-12H,13-14H2. The molecule has 10 heteroatoms. The minimum atomic E-state index is -2.46. The van der Waals surface area contributed by atoms with Crippen LogP contribution in [0.25, 0.3) is 0 Å². The van der Waals surface area contributed by atoms with Crippen LogP contribution in [-0.4, -0.2) is 12.3 Å². The van der Waals surface area contributed by atoms with E-state index in [-0.39, 0.29) is 0 Å². The molecule has 0 bridgehead atoms. The lowest BCUT2D eigenvalue weighted by atomic mass is 10.3. The second-order valence-electron chi connectivity index (χ2n) is 7.58. The molecule has 0 aliphatic carbocycles. The topological polar surface area (TPSA) is 0 Å². The Morgan fingerprint density at radius 3 is 0.667 bits per heavy atom. The Morgan fingerprint density at radius 1 is 0.333 bits per heavy atom. The van der Waals surface area contributed by atoms with E-state index in [1.54, 1.807) is 0 Å². The highest BCUT2D eigenvalue weighted by atomic mass is 31.1. The van der Waals surface area contributed by atoms with Crippen LogP contribution in [0, 0.1) is 46.5 Å². The summed E-state index contributed by atoms with van der Waals surface area (Å²) in [6.07, 6.45) is -0.837. The van der Waals surface area contributed by atoms with Crippen molar-refractivity contribution in [3.8, 4) is 0 Å². The maximum Gasteiger partial charge on any atom is 0.134 e. The first-order chi connectivity index (χ1) is 17.2. The third-order valence-electron chi connectivity index (χ3n) is 5.38. The van der Waals surface area contributed by atoms with Gasteiger partial charge in [0.2, 0.25) is 0 Å². The van der Waals surface area contributed by atoms with Crippen molar-refractivity contribution in [1.29, 1.82) is 0 Å². The van der Waals surface area contributed by atoms with Gasteiger partial charge in [-0.15, -0.1) is 0 Å². The molecule has 4 aromatic rings. The average Bonchev–Trinajstić information content (AvgIpc) is 2.81. The van der Waals surface area contributed by atoms with Crippen LogP contribution < -0.4 is 21.2 Å². The van der Waals surface area contributed by atoms with Crippen LogP contribution in [0.5, 0.6) is 0 Å². The molecule has 0 heterocycles. The summed E-state index contributed by atoms with van der Waals surface area (Å²) in [5.41, 5.74) is 0. The van der Waals surface area contributed by atoms with Crippen molar-refractivity contribution in [2.45, 2.75) is 0 Å². The zero-order chi connectivity index (χ0) is 26.0. The second-order valence-corrected chi connectivity index (χ2v) is 12.0. The van der Waals surface area contributed by atoms with Crippen molar-refractivity contribution in [3.05, 3.63) is 119 Å². The van der Waals surface area contributed by atoms with Gasteiger partial charge >= 0.3 is 0 Å².